The summed E-state index contributed by atoms with van der Waals surface area (Å²) in [7, 11) is 0. The summed E-state index contributed by atoms with van der Waals surface area (Å²) in [5.41, 5.74) is 5.76. The minimum absolute atomic E-state index is 0.356. The lowest BCUT2D eigenvalue weighted by molar-refractivity contribution is -0.137. The molecule has 0 aliphatic heterocycles. The van der Waals surface area contributed by atoms with Gasteiger partial charge in [0.15, 0.2) is 0 Å². The number of rotatable bonds is 1. The van der Waals surface area contributed by atoms with Crippen LogP contribution >= 0.6 is 0 Å². The molecule has 0 amide bonds. The molecule has 2 atom stereocenters. The molecule has 4 heteroatoms. The van der Waals surface area contributed by atoms with E-state index in [1.165, 1.54) is 12.1 Å². The molecule has 0 bridgehead atoms. The van der Waals surface area contributed by atoms with Crippen molar-refractivity contribution in [3.8, 4) is 0 Å². The number of nitrogens with two attached hydrogens (primary N) is 1. The van der Waals surface area contributed by atoms with Crippen LogP contribution in [-0.2, 0) is 11.7 Å². The molecule has 1 aliphatic carbocycles. The highest BCUT2D eigenvalue weighted by molar-refractivity contribution is 5.34. The van der Waals surface area contributed by atoms with E-state index in [2.05, 4.69) is 0 Å². The predicted molar refractivity (Wildman–Crippen MR) is 51.1 cm³/mol. The summed E-state index contributed by atoms with van der Waals surface area (Å²) in [5.74, 6) is 0.356. The second-order valence-electron chi connectivity index (χ2n) is 4.22. The first-order valence-electron chi connectivity index (χ1n) is 4.80. The minimum atomic E-state index is -4.27. The van der Waals surface area contributed by atoms with Crippen LogP contribution in [0.2, 0.25) is 0 Å². The largest absolute Gasteiger partial charge is 0.416 e. The smallest absolute Gasteiger partial charge is 0.321 e. The summed E-state index contributed by atoms with van der Waals surface area (Å²) in [4.78, 5) is 0. The van der Waals surface area contributed by atoms with Gasteiger partial charge in [0.25, 0.3) is 0 Å². The van der Waals surface area contributed by atoms with Gasteiger partial charge in [-0.3, -0.25) is 0 Å². The molecule has 1 aromatic rings. The maximum absolute atomic E-state index is 12.3. The van der Waals surface area contributed by atoms with Gasteiger partial charge in [0.1, 0.15) is 0 Å². The lowest BCUT2D eigenvalue weighted by atomic mass is 10.0. The normalized spacial score (nSPS) is 30.3. The monoisotopic (exact) mass is 215 g/mol. The van der Waals surface area contributed by atoms with Crippen LogP contribution in [0.15, 0.2) is 24.3 Å². The van der Waals surface area contributed by atoms with Crippen molar-refractivity contribution in [2.45, 2.75) is 25.1 Å². The molecule has 1 fully saturated rings. The molecule has 0 radical (unpaired) electrons. The van der Waals surface area contributed by atoms with Gasteiger partial charge in [0, 0.05) is 5.54 Å². The molecule has 0 aromatic heterocycles. The molecule has 1 aliphatic rings. The Labute approximate surface area is 86.1 Å². The lowest BCUT2D eigenvalue weighted by Gasteiger charge is -2.12. The molecule has 1 nitrogen and oxygen atoms in total. The maximum Gasteiger partial charge on any atom is 0.416 e. The number of hydrogen-bond donors (Lipinski definition) is 1. The van der Waals surface area contributed by atoms with Crippen LogP contribution in [0.5, 0.6) is 0 Å². The first-order chi connectivity index (χ1) is 6.84. The van der Waals surface area contributed by atoms with E-state index in [0.29, 0.717) is 5.92 Å². The van der Waals surface area contributed by atoms with Gasteiger partial charge in [-0.05, 0) is 30.0 Å². The first kappa shape index (κ1) is 10.5. The zero-order valence-corrected chi connectivity index (χ0v) is 8.31. The summed E-state index contributed by atoms with van der Waals surface area (Å²) in [6.45, 7) is 2.00. The van der Waals surface area contributed by atoms with Crippen molar-refractivity contribution in [3.63, 3.8) is 0 Å². The highest BCUT2D eigenvalue weighted by Crippen LogP contribution is 2.49. The van der Waals surface area contributed by atoms with E-state index in [0.717, 1.165) is 24.1 Å². The average molecular weight is 215 g/mol. The van der Waals surface area contributed by atoms with E-state index >= 15 is 0 Å². The molecular formula is C11H12F3N. The van der Waals surface area contributed by atoms with Crippen LogP contribution in [0, 0.1) is 5.92 Å². The highest BCUT2D eigenvalue weighted by atomic mass is 19.4. The molecule has 0 saturated heterocycles. The van der Waals surface area contributed by atoms with Crippen molar-refractivity contribution in [3.05, 3.63) is 35.4 Å². The summed E-state index contributed by atoms with van der Waals surface area (Å²) >= 11 is 0. The first-order valence-corrected chi connectivity index (χ1v) is 4.80. The van der Waals surface area contributed by atoms with Crippen LogP contribution < -0.4 is 5.73 Å². The van der Waals surface area contributed by atoms with E-state index in [1.54, 1.807) is 0 Å². The van der Waals surface area contributed by atoms with Gasteiger partial charge in [-0.1, -0.05) is 19.1 Å². The average Bonchev–Trinajstić information content (AvgIpc) is 2.75. The van der Waals surface area contributed by atoms with Crippen LogP contribution in [0.25, 0.3) is 0 Å². The molecule has 0 heterocycles. The number of hydrogen-bond acceptors (Lipinski definition) is 1. The fraction of sp³-hybridized carbons (Fsp3) is 0.455. The van der Waals surface area contributed by atoms with Crippen LogP contribution in [0.4, 0.5) is 13.2 Å². The quantitative estimate of drug-likeness (QED) is 0.765. The van der Waals surface area contributed by atoms with Crippen molar-refractivity contribution < 1.29 is 13.2 Å². The Morgan fingerprint density at radius 2 is 1.73 bits per heavy atom. The van der Waals surface area contributed by atoms with Gasteiger partial charge < -0.3 is 5.73 Å². The van der Waals surface area contributed by atoms with E-state index in [4.69, 9.17) is 5.73 Å². The Morgan fingerprint density at radius 1 is 1.27 bits per heavy atom. The molecule has 0 spiro atoms. The van der Waals surface area contributed by atoms with E-state index < -0.39 is 17.3 Å². The molecule has 1 aromatic carbocycles. The molecule has 82 valence electrons. The van der Waals surface area contributed by atoms with Crippen molar-refractivity contribution in [2.24, 2.45) is 11.7 Å². The Balaban J connectivity index is 2.26. The fourth-order valence-electron chi connectivity index (χ4n) is 1.82. The second-order valence-corrected chi connectivity index (χ2v) is 4.22. The van der Waals surface area contributed by atoms with Crippen LogP contribution in [0.3, 0.4) is 0 Å². The van der Waals surface area contributed by atoms with Gasteiger partial charge in [0.2, 0.25) is 0 Å². The number of benzene rings is 1. The molecular weight excluding hydrogens is 203 g/mol. The molecule has 2 rings (SSSR count). The molecule has 1 saturated carbocycles. The third kappa shape index (κ3) is 1.74. The summed E-state index contributed by atoms with van der Waals surface area (Å²) in [5, 5.41) is 0. The van der Waals surface area contributed by atoms with Crippen LogP contribution in [0.1, 0.15) is 24.5 Å². The standard InChI is InChI=1S/C11H12F3N/c1-7-6-10(7,15)8-2-4-9(5-3-8)11(12,13)14/h2-5,7H,6,15H2,1H3. The third-order valence-corrected chi connectivity index (χ3v) is 3.11. The Hall–Kier alpha value is -1.03. The Kier molecular flexibility index (Phi) is 2.08. The number of halogens is 3. The SMILES string of the molecule is CC1CC1(N)c1ccc(C(F)(F)F)cc1. The zero-order valence-electron chi connectivity index (χ0n) is 8.31. The lowest BCUT2D eigenvalue weighted by Crippen LogP contribution is -2.21. The Bertz CT molecular complexity index is 368. The summed E-state index contributed by atoms with van der Waals surface area (Å²) in [6, 6.07) is 5.14. The van der Waals surface area contributed by atoms with Gasteiger partial charge in [0.05, 0.1) is 5.56 Å². The molecule has 2 N–H and O–H groups in total. The highest BCUT2D eigenvalue weighted by Gasteiger charge is 2.48. The predicted octanol–water partition coefficient (Wildman–Crippen LogP) is 2.90. The van der Waals surface area contributed by atoms with Gasteiger partial charge >= 0.3 is 6.18 Å². The number of alkyl halides is 3. The van der Waals surface area contributed by atoms with E-state index in [1.807, 2.05) is 6.92 Å². The van der Waals surface area contributed by atoms with E-state index in [9.17, 15) is 13.2 Å². The van der Waals surface area contributed by atoms with Crippen LogP contribution in [-0.4, -0.2) is 0 Å². The maximum atomic E-state index is 12.3. The summed E-state index contributed by atoms with van der Waals surface area (Å²) < 4.78 is 36.8. The van der Waals surface area contributed by atoms with Crippen molar-refractivity contribution in [1.82, 2.24) is 0 Å². The topological polar surface area (TPSA) is 26.0 Å². The molecule has 2 unspecified atom stereocenters. The van der Waals surface area contributed by atoms with Gasteiger partial charge in [-0.2, -0.15) is 13.2 Å². The molecule has 15 heavy (non-hydrogen) atoms. The second kappa shape index (κ2) is 2.98. The van der Waals surface area contributed by atoms with Crippen molar-refractivity contribution >= 4 is 0 Å². The Morgan fingerprint density at radius 3 is 2.07 bits per heavy atom. The third-order valence-electron chi connectivity index (χ3n) is 3.11. The van der Waals surface area contributed by atoms with Gasteiger partial charge in [-0.15, -0.1) is 0 Å². The minimum Gasteiger partial charge on any atom is -0.321 e. The van der Waals surface area contributed by atoms with Crippen molar-refractivity contribution in [2.75, 3.05) is 0 Å². The fourth-order valence-corrected chi connectivity index (χ4v) is 1.82. The zero-order chi connectivity index (χ0) is 11.3. The van der Waals surface area contributed by atoms with Crippen molar-refractivity contribution in [1.29, 1.82) is 0 Å². The summed E-state index contributed by atoms with van der Waals surface area (Å²) in [6.07, 6.45) is -3.42. The van der Waals surface area contributed by atoms with E-state index in [-0.39, 0.29) is 0 Å². The van der Waals surface area contributed by atoms with Gasteiger partial charge in [-0.25, -0.2) is 0 Å².